The number of rotatable bonds is 10. The van der Waals surface area contributed by atoms with E-state index in [2.05, 4.69) is 39.1 Å². The lowest BCUT2D eigenvalue weighted by atomic mass is 9.99. The topological polar surface area (TPSA) is 21.3 Å². The predicted octanol–water partition coefficient (Wildman–Crippen LogP) is 3.92. The Hall–Kier alpha value is -0.340. The third-order valence-corrected chi connectivity index (χ3v) is 3.20. The summed E-state index contributed by atoms with van der Waals surface area (Å²) in [7, 11) is 1.79. The van der Waals surface area contributed by atoms with Crippen molar-refractivity contribution in [2.24, 2.45) is 0 Å². The second kappa shape index (κ2) is 9.67. The number of hydrogen-bond donors (Lipinski definition) is 1. The van der Waals surface area contributed by atoms with Crippen LogP contribution >= 0.6 is 0 Å². The summed E-state index contributed by atoms with van der Waals surface area (Å²) in [6.07, 6.45) is 8.37. The lowest BCUT2D eigenvalue weighted by Crippen LogP contribution is -2.21. The van der Waals surface area contributed by atoms with Gasteiger partial charge in [0.25, 0.3) is 0 Å². The molecule has 0 saturated carbocycles. The van der Waals surface area contributed by atoms with Gasteiger partial charge in [-0.15, -0.1) is 0 Å². The van der Waals surface area contributed by atoms with Gasteiger partial charge in [-0.05, 0) is 53.0 Å². The van der Waals surface area contributed by atoms with Gasteiger partial charge in [-0.25, -0.2) is 0 Å². The van der Waals surface area contributed by atoms with E-state index in [1.807, 2.05) is 0 Å². The summed E-state index contributed by atoms with van der Waals surface area (Å²) in [4.78, 5) is 0. The highest BCUT2D eigenvalue weighted by Gasteiger charge is 2.14. The Bertz CT molecular complexity index is 209. The minimum absolute atomic E-state index is 0.0274. The molecule has 17 heavy (non-hydrogen) atoms. The zero-order valence-corrected chi connectivity index (χ0v) is 12.4. The standard InChI is InChI=1S/C15H31NO/c1-6-7-12-16-13-10-14(2)9-8-11-15(3,4)17-5/h10,16H,6-9,11-13H2,1-5H3. The van der Waals surface area contributed by atoms with Gasteiger partial charge in [0, 0.05) is 13.7 Å². The molecule has 0 radical (unpaired) electrons. The predicted molar refractivity (Wildman–Crippen MR) is 76.5 cm³/mol. The van der Waals surface area contributed by atoms with E-state index in [4.69, 9.17) is 4.74 Å². The fraction of sp³-hybridized carbons (Fsp3) is 0.867. The summed E-state index contributed by atoms with van der Waals surface area (Å²) in [6.45, 7) is 10.9. The SMILES string of the molecule is CCCCNCC=C(C)CCCC(C)(C)OC. The smallest absolute Gasteiger partial charge is 0.0622 e. The van der Waals surface area contributed by atoms with Gasteiger partial charge in [-0.2, -0.15) is 0 Å². The zero-order chi connectivity index (χ0) is 13.1. The first kappa shape index (κ1) is 16.7. The molecule has 2 nitrogen and oxygen atoms in total. The number of ether oxygens (including phenoxy) is 1. The molecule has 0 unspecified atom stereocenters. The third-order valence-electron chi connectivity index (χ3n) is 3.20. The van der Waals surface area contributed by atoms with Gasteiger partial charge in [0.2, 0.25) is 0 Å². The van der Waals surface area contributed by atoms with Crippen molar-refractivity contribution < 1.29 is 4.74 Å². The van der Waals surface area contributed by atoms with Gasteiger partial charge in [0.05, 0.1) is 5.60 Å². The Morgan fingerprint density at radius 1 is 1.29 bits per heavy atom. The van der Waals surface area contributed by atoms with Crippen LogP contribution in [0.5, 0.6) is 0 Å². The number of allylic oxidation sites excluding steroid dienone is 1. The molecule has 1 N–H and O–H groups in total. The second-order valence-electron chi connectivity index (χ2n) is 5.43. The molecule has 0 bridgehead atoms. The van der Waals surface area contributed by atoms with Crippen LogP contribution in [0.15, 0.2) is 11.6 Å². The third kappa shape index (κ3) is 10.5. The monoisotopic (exact) mass is 241 g/mol. The van der Waals surface area contributed by atoms with E-state index in [-0.39, 0.29) is 5.60 Å². The van der Waals surface area contributed by atoms with Gasteiger partial charge < -0.3 is 10.1 Å². The van der Waals surface area contributed by atoms with Crippen molar-refractivity contribution in [1.29, 1.82) is 0 Å². The van der Waals surface area contributed by atoms with Crippen LogP contribution in [0.25, 0.3) is 0 Å². The summed E-state index contributed by atoms with van der Waals surface area (Å²) in [6, 6.07) is 0. The van der Waals surface area contributed by atoms with Crippen LogP contribution in [-0.2, 0) is 4.74 Å². The van der Waals surface area contributed by atoms with E-state index in [1.54, 1.807) is 7.11 Å². The van der Waals surface area contributed by atoms with Gasteiger partial charge in [-0.1, -0.05) is 25.0 Å². The molecule has 0 heterocycles. The van der Waals surface area contributed by atoms with Crippen molar-refractivity contribution in [2.45, 2.75) is 65.4 Å². The Morgan fingerprint density at radius 2 is 2.00 bits per heavy atom. The Kier molecular flexibility index (Phi) is 9.47. The van der Waals surface area contributed by atoms with Crippen molar-refractivity contribution >= 4 is 0 Å². The Morgan fingerprint density at radius 3 is 2.59 bits per heavy atom. The molecule has 0 rings (SSSR count). The van der Waals surface area contributed by atoms with Crippen LogP contribution in [-0.4, -0.2) is 25.8 Å². The quantitative estimate of drug-likeness (QED) is 0.462. The van der Waals surface area contributed by atoms with E-state index in [0.29, 0.717) is 0 Å². The van der Waals surface area contributed by atoms with E-state index >= 15 is 0 Å². The maximum atomic E-state index is 5.41. The van der Waals surface area contributed by atoms with Crippen molar-refractivity contribution in [1.82, 2.24) is 5.32 Å². The molecule has 102 valence electrons. The summed E-state index contributed by atoms with van der Waals surface area (Å²) in [5.74, 6) is 0. The molecule has 0 aromatic heterocycles. The average molecular weight is 241 g/mol. The van der Waals surface area contributed by atoms with Crippen LogP contribution in [0.3, 0.4) is 0 Å². The molecule has 0 aromatic carbocycles. The normalized spacial score (nSPS) is 13.1. The van der Waals surface area contributed by atoms with Crippen molar-refractivity contribution in [3.63, 3.8) is 0 Å². The summed E-state index contributed by atoms with van der Waals surface area (Å²) >= 11 is 0. The van der Waals surface area contributed by atoms with E-state index < -0.39 is 0 Å². The van der Waals surface area contributed by atoms with Crippen LogP contribution in [0.1, 0.15) is 59.8 Å². The first-order chi connectivity index (χ1) is 8.02. The fourth-order valence-electron chi connectivity index (χ4n) is 1.65. The van der Waals surface area contributed by atoms with Gasteiger partial charge in [0.15, 0.2) is 0 Å². The molecule has 0 atom stereocenters. The van der Waals surface area contributed by atoms with Gasteiger partial charge >= 0.3 is 0 Å². The lowest BCUT2D eigenvalue weighted by Gasteiger charge is -2.22. The average Bonchev–Trinajstić information content (AvgIpc) is 2.28. The number of nitrogens with one attached hydrogen (secondary N) is 1. The molecular weight excluding hydrogens is 210 g/mol. The van der Waals surface area contributed by atoms with E-state index in [1.165, 1.54) is 31.3 Å². The fourth-order valence-corrected chi connectivity index (χ4v) is 1.65. The van der Waals surface area contributed by atoms with E-state index in [9.17, 15) is 0 Å². The Labute approximate surface area is 108 Å². The van der Waals surface area contributed by atoms with Crippen LogP contribution in [0, 0.1) is 0 Å². The minimum atomic E-state index is 0.0274. The second-order valence-corrected chi connectivity index (χ2v) is 5.43. The molecule has 2 heteroatoms. The van der Waals surface area contributed by atoms with Crippen molar-refractivity contribution in [2.75, 3.05) is 20.2 Å². The molecule has 0 aliphatic carbocycles. The lowest BCUT2D eigenvalue weighted by molar-refractivity contribution is 0.0140. The van der Waals surface area contributed by atoms with E-state index in [0.717, 1.165) is 19.5 Å². The maximum Gasteiger partial charge on any atom is 0.0622 e. The van der Waals surface area contributed by atoms with Crippen LogP contribution < -0.4 is 5.32 Å². The van der Waals surface area contributed by atoms with Gasteiger partial charge in [-0.3, -0.25) is 0 Å². The summed E-state index contributed by atoms with van der Waals surface area (Å²) in [5, 5.41) is 3.43. The van der Waals surface area contributed by atoms with Gasteiger partial charge in [0.1, 0.15) is 0 Å². The molecular formula is C15H31NO. The summed E-state index contributed by atoms with van der Waals surface area (Å²) in [5.41, 5.74) is 1.51. The highest BCUT2D eigenvalue weighted by Crippen LogP contribution is 2.18. The molecule has 0 fully saturated rings. The minimum Gasteiger partial charge on any atom is -0.379 e. The molecule has 0 aliphatic heterocycles. The van der Waals surface area contributed by atoms with Crippen molar-refractivity contribution in [3.8, 4) is 0 Å². The maximum absolute atomic E-state index is 5.41. The number of methoxy groups -OCH3 is 1. The Balaban J connectivity index is 3.57. The highest BCUT2D eigenvalue weighted by molar-refractivity contribution is 4.99. The summed E-state index contributed by atoms with van der Waals surface area (Å²) < 4.78 is 5.41. The number of hydrogen-bond acceptors (Lipinski definition) is 2. The first-order valence-corrected chi connectivity index (χ1v) is 6.93. The first-order valence-electron chi connectivity index (χ1n) is 6.93. The molecule has 0 amide bonds. The van der Waals surface area contributed by atoms with Crippen molar-refractivity contribution in [3.05, 3.63) is 11.6 Å². The van der Waals surface area contributed by atoms with Crippen LogP contribution in [0.2, 0.25) is 0 Å². The molecule has 0 aromatic rings. The largest absolute Gasteiger partial charge is 0.379 e. The number of unbranched alkanes of at least 4 members (excludes halogenated alkanes) is 1. The highest BCUT2D eigenvalue weighted by atomic mass is 16.5. The molecule has 0 saturated heterocycles. The zero-order valence-electron chi connectivity index (χ0n) is 12.4. The molecule has 0 spiro atoms. The molecule has 0 aliphatic rings. The van der Waals surface area contributed by atoms with Crippen LogP contribution in [0.4, 0.5) is 0 Å².